The summed E-state index contributed by atoms with van der Waals surface area (Å²) in [7, 11) is 0. The van der Waals surface area contributed by atoms with E-state index in [9.17, 15) is 4.79 Å². The molecule has 5 nitrogen and oxygen atoms in total. The molecular weight excluding hydrogens is 350 g/mol. The highest BCUT2D eigenvalue weighted by Gasteiger charge is 2.19. The zero-order valence-electron chi connectivity index (χ0n) is 13.9. The number of nitrogens with one attached hydrogen (secondary N) is 1. The molecule has 6 heteroatoms. The lowest BCUT2D eigenvalue weighted by Crippen LogP contribution is -2.15. The predicted molar refractivity (Wildman–Crippen MR) is 104 cm³/mol. The Bertz CT molecular complexity index is 1110. The topological polar surface area (TPSA) is 78.2 Å². The first-order chi connectivity index (χ1) is 12.7. The third-order valence-electron chi connectivity index (χ3n) is 3.81. The van der Waals surface area contributed by atoms with Crippen LogP contribution in [-0.4, -0.2) is 11.2 Å². The summed E-state index contributed by atoms with van der Waals surface area (Å²) in [5, 5.41) is 13.5. The summed E-state index contributed by atoms with van der Waals surface area (Å²) in [4.78, 5) is 21.0. The molecule has 0 radical (unpaired) electrons. The van der Waals surface area contributed by atoms with Crippen molar-refractivity contribution < 1.29 is 4.84 Å². The summed E-state index contributed by atoms with van der Waals surface area (Å²) in [6.07, 6.45) is 2.58. The number of nitriles is 1. The predicted octanol–water partition coefficient (Wildman–Crippen LogP) is 4.74. The fourth-order valence-corrected chi connectivity index (χ4v) is 2.93. The van der Waals surface area contributed by atoms with Gasteiger partial charge in [-0.25, -0.2) is 0 Å². The van der Waals surface area contributed by atoms with E-state index in [0.717, 1.165) is 17.2 Å². The van der Waals surface area contributed by atoms with Crippen LogP contribution in [-0.2, 0) is 4.84 Å². The largest absolute Gasteiger partial charge is 0.356 e. The van der Waals surface area contributed by atoms with E-state index in [0.29, 0.717) is 21.7 Å². The van der Waals surface area contributed by atoms with Crippen molar-refractivity contribution in [3.8, 4) is 17.2 Å². The number of pyridine rings is 1. The molecule has 0 atom stereocenters. The zero-order chi connectivity index (χ0) is 18.5. The lowest BCUT2D eigenvalue weighted by atomic mass is 9.95. The summed E-state index contributed by atoms with van der Waals surface area (Å²) in [6.45, 7) is 1.73. The molecule has 0 saturated carbocycles. The van der Waals surface area contributed by atoms with E-state index >= 15 is 0 Å². The Balaban J connectivity index is 2.38. The number of rotatable bonds is 4. The molecule has 1 N–H and O–H groups in total. The van der Waals surface area contributed by atoms with Gasteiger partial charge in [0.05, 0.1) is 5.56 Å². The number of H-pyrrole nitrogens is 1. The fourth-order valence-electron chi connectivity index (χ4n) is 2.75. The van der Waals surface area contributed by atoms with Gasteiger partial charge in [-0.15, -0.1) is 0 Å². The highest BCUT2D eigenvalue weighted by molar-refractivity contribution is 6.31. The molecule has 0 aliphatic heterocycles. The molecule has 0 bridgehead atoms. The van der Waals surface area contributed by atoms with Gasteiger partial charge in [-0.1, -0.05) is 47.1 Å². The Kier molecular flexibility index (Phi) is 5.16. The monoisotopic (exact) mass is 363 g/mol. The Morgan fingerprint density at radius 3 is 2.73 bits per heavy atom. The van der Waals surface area contributed by atoms with E-state index in [1.54, 1.807) is 37.3 Å². The Labute approximate surface area is 154 Å². The normalized spacial score (nSPS) is 11.7. The molecule has 3 rings (SSSR count). The number of halogens is 1. The molecular formula is C20H14ClN3O2. The molecule has 1 heterocycles. The van der Waals surface area contributed by atoms with Gasteiger partial charge in [-0.2, -0.15) is 5.26 Å². The van der Waals surface area contributed by atoms with Crippen LogP contribution >= 0.6 is 11.6 Å². The van der Waals surface area contributed by atoms with E-state index in [4.69, 9.17) is 21.7 Å². The first-order valence-electron chi connectivity index (χ1n) is 7.82. The smallest absolute Gasteiger partial charge is 0.260 e. The van der Waals surface area contributed by atoms with E-state index < -0.39 is 0 Å². The number of hydrogen-bond donors (Lipinski definition) is 1. The number of aromatic amines is 1. The third-order valence-corrected chi connectivity index (χ3v) is 4.04. The number of fused-ring (bicyclic) bond motifs is 1. The summed E-state index contributed by atoms with van der Waals surface area (Å²) in [5.41, 5.74) is 2.20. The van der Waals surface area contributed by atoms with Gasteiger partial charge in [-0.3, -0.25) is 4.79 Å². The maximum Gasteiger partial charge on any atom is 0.260 e. The fraction of sp³-hybridized carbons (Fsp3) is 0.0500. The van der Waals surface area contributed by atoms with Crippen LogP contribution in [0.5, 0.6) is 0 Å². The van der Waals surface area contributed by atoms with Crippen LogP contribution in [0.4, 0.5) is 0 Å². The number of allylic oxidation sites excluding steroid dienone is 1. The van der Waals surface area contributed by atoms with Crippen molar-refractivity contribution in [1.29, 1.82) is 5.26 Å². The van der Waals surface area contributed by atoms with Gasteiger partial charge in [0, 0.05) is 21.5 Å². The molecule has 2 aromatic carbocycles. The molecule has 0 aliphatic carbocycles. The van der Waals surface area contributed by atoms with E-state index in [1.807, 2.05) is 30.3 Å². The van der Waals surface area contributed by atoms with Crippen LogP contribution in [0.2, 0.25) is 5.02 Å². The highest BCUT2D eigenvalue weighted by Crippen LogP contribution is 2.34. The number of oxime groups is 1. The summed E-state index contributed by atoms with van der Waals surface area (Å²) >= 11 is 6.19. The van der Waals surface area contributed by atoms with Gasteiger partial charge in [0.2, 0.25) is 0 Å². The Hall–Kier alpha value is -3.36. The van der Waals surface area contributed by atoms with Crippen LogP contribution in [0.1, 0.15) is 12.5 Å². The minimum atomic E-state index is -0.320. The average molecular weight is 364 g/mol. The molecule has 0 aliphatic rings. The summed E-state index contributed by atoms with van der Waals surface area (Å²) < 4.78 is 0. The SMILES string of the molecule is C/C=C(\O/N=C/C#N)c1c(-c2ccccc2)c2cc(Cl)ccc2[nH]c1=O. The Morgan fingerprint density at radius 2 is 2.04 bits per heavy atom. The second-order valence-electron chi connectivity index (χ2n) is 5.37. The van der Waals surface area contributed by atoms with Crippen LogP contribution in [0.25, 0.3) is 27.8 Å². The van der Waals surface area contributed by atoms with Crippen molar-refractivity contribution in [1.82, 2.24) is 4.98 Å². The lowest BCUT2D eigenvalue weighted by molar-refractivity contribution is 0.300. The summed E-state index contributed by atoms with van der Waals surface area (Å²) in [5.74, 6) is 0.249. The number of benzene rings is 2. The first-order valence-corrected chi connectivity index (χ1v) is 8.19. The maximum absolute atomic E-state index is 12.8. The second kappa shape index (κ2) is 7.68. The molecule has 0 fully saturated rings. The minimum Gasteiger partial charge on any atom is -0.356 e. The van der Waals surface area contributed by atoms with Gasteiger partial charge >= 0.3 is 0 Å². The third kappa shape index (κ3) is 3.37. The molecule has 1 aromatic heterocycles. The van der Waals surface area contributed by atoms with Crippen molar-refractivity contribution >= 4 is 34.5 Å². The standard InChI is InChI=1S/C20H14ClN3O2/c1-2-17(26-23-11-10-22)19-18(13-6-4-3-5-7-13)15-12-14(21)8-9-16(15)24-20(19)25/h2-9,11-12H,1H3,(H,24,25)/b17-2-,23-11+. The zero-order valence-corrected chi connectivity index (χ0v) is 14.6. The minimum absolute atomic E-state index is 0.249. The van der Waals surface area contributed by atoms with Crippen molar-refractivity contribution in [2.24, 2.45) is 5.16 Å². The molecule has 0 saturated heterocycles. The van der Waals surface area contributed by atoms with Crippen LogP contribution in [0.15, 0.2) is 64.6 Å². The molecule has 0 spiro atoms. The second-order valence-corrected chi connectivity index (χ2v) is 5.80. The van der Waals surface area contributed by atoms with Gasteiger partial charge in [0.15, 0.2) is 5.76 Å². The quantitative estimate of drug-likeness (QED) is 0.413. The van der Waals surface area contributed by atoms with Crippen LogP contribution in [0, 0.1) is 11.3 Å². The summed E-state index contributed by atoms with van der Waals surface area (Å²) in [6, 6.07) is 16.5. The van der Waals surface area contributed by atoms with Crippen molar-refractivity contribution in [3.05, 3.63) is 75.5 Å². The first kappa shape index (κ1) is 17.5. The average Bonchev–Trinajstić information content (AvgIpc) is 2.66. The molecule has 128 valence electrons. The molecule has 26 heavy (non-hydrogen) atoms. The lowest BCUT2D eigenvalue weighted by Gasteiger charge is -2.14. The van der Waals surface area contributed by atoms with Gasteiger partial charge in [-0.05, 0) is 36.8 Å². The molecule has 0 unspecified atom stereocenters. The van der Waals surface area contributed by atoms with Gasteiger partial charge < -0.3 is 9.82 Å². The molecule has 0 amide bonds. The van der Waals surface area contributed by atoms with Crippen LogP contribution in [0.3, 0.4) is 0 Å². The van der Waals surface area contributed by atoms with Crippen LogP contribution < -0.4 is 5.56 Å². The van der Waals surface area contributed by atoms with Gasteiger partial charge in [0.25, 0.3) is 5.56 Å². The van der Waals surface area contributed by atoms with Crippen molar-refractivity contribution in [2.45, 2.75) is 6.92 Å². The van der Waals surface area contributed by atoms with Crippen molar-refractivity contribution in [2.75, 3.05) is 0 Å². The highest BCUT2D eigenvalue weighted by atomic mass is 35.5. The Morgan fingerprint density at radius 1 is 1.27 bits per heavy atom. The number of nitrogens with zero attached hydrogens (tertiary/aromatic N) is 2. The van der Waals surface area contributed by atoms with E-state index in [-0.39, 0.29) is 11.3 Å². The van der Waals surface area contributed by atoms with Crippen molar-refractivity contribution in [3.63, 3.8) is 0 Å². The maximum atomic E-state index is 12.8. The van der Waals surface area contributed by atoms with E-state index in [2.05, 4.69) is 10.1 Å². The molecule has 3 aromatic rings. The number of aromatic nitrogens is 1. The number of hydrogen-bond acceptors (Lipinski definition) is 4. The van der Waals surface area contributed by atoms with Gasteiger partial charge in [0.1, 0.15) is 12.3 Å². The van der Waals surface area contributed by atoms with E-state index in [1.165, 1.54) is 0 Å².